The van der Waals surface area contributed by atoms with Gasteiger partial charge in [0.15, 0.2) is 0 Å². The maximum absolute atomic E-state index is 13.9. The summed E-state index contributed by atoms with van der Waals surface area (Å²) in [7, 11) is -3.70. The molecule has 0 saturated carbocycles. The van der Waals surface area contributed by atoms with Crippen LogP contribution in [0.4, 0.5) is 8.78 Å². The molecule has 1 saturated heterocycles. The largest absolute Gasteiger partial charge is 0.296 e. The van der Waals surface area contributed by atoms with Crippen LogP contribution >= 0.6 is 0 Å². The van der Waals surface area contributed by atoms with E-state index in [9.17, 15) is 17.2 Å². The van der Waals surface area contributed by atoms with Crippen molar-refractivity contribution in [2.45, 2.75) is 25.8 Å². The molecule has 124 valence electrons. The van der Waals surface area contributed by atoms with Crippen molar-refractivity contribution in [2.24, 2.45) is 11.1 Å². The molecular formula is C14H21F2N3O2S. The zero-order valence-corrected chi connectivity index (χ0v) is 13.2. The minimum Gasteiger partial charge on any atom is -0.296 e. The number of nitrogens with one attached hydrogen (secondary N) is 1. The molecule has 2 rings (SSSR count). The van der Waals surface area contributed by atoms with E-state index >= 15 is 0 Å². The number of likely N-dealkylation sites (tertiary alicyclic amines) is 1. The van der Waals surface area contributed by atoms with Crippen molar-refractivity contribution in [1.82, 2.24) is 9.62 Å². The van der Waals surface area contributed by atoms with Gasteiger partial charge in [-0.3, -0.25) is 4.90 Å². The Labute approximate surface area is 129 Å². The van der Waals surface area contributed by atoms with Crippen molar-refractivity contribution in [2.75, 3.05) is 19.6 Å². The van der Waals surface area contributed by atoms with Crippen LogP contribution in [0.2, 0.25) is 0 Å². The summed E-state index contributed by atoms with van der Waals surface area (Å²) in [6.07, 6.45) is 1.75. The average molecular weight is 333 g/mol. The molecule has 0 bridgehead atoms. The topological polar surface area (TPSA) is 75.4 Å². The van der Waals surface area contributed by atoms with Crippen molar-refractivity contribution in [1.29, 1.82) is 0 Å². The van der Waals surface area contributed by atoms with Gasteiger partial charge in [-0.25, -0.2) is 18.6 Å². The van der Waals surface area contributed by atoms with E-state index in [2.05, 4.69) is 4.72 Å². The van der Waals surface area contributed by atoms with Crippen molar-refractivity contribution in [3.05, 3.63) is 35.4 Å². The molecule has 22 heavy (non-hydrogen) atoms. The smallest absolute Gasteiger partial charge is 0.274 e. The first-order valence-corrected chi connectivity index (χ1v) is 8.77. The fraction of sp³-hybridized carbons (Fsp3) is 0.571. The van der Waals surface area contributed by atoms with Crippen LogP contribution in [-0.2, 0) is 10.2 Å². The SMILES string of the molecule is C[C@@H](c1cc(F)ccc1F)N1CCC[C@H](CNS(N)(=O)=O)C1. The quantitative estimate of drug-likeness (QED) is 0.858. The third-order valence-electron chi connectivity index (χ3n) is 4.08. The van der Waals surface area contributed by atoms with Crippen LogP contribution in [-0.4, -0.2) is 33.0 Å². The Balaban J connectivity index is 2.03. The highest BCUT2D eigenvalue weighted by Gasteiger charge is 2.26. The number of benzene rings is 1. The molecular weight excluding hydrogens is 312 g/mol. The molecule has 1 aromatic rings. The number of hydrogen-bond donors (Lipinski definition) is 2. The second kappa shape index (κ2) is 6.99. The summed E-state index contributed by atoms with van der Waals surface area (Å²) < 4.78 is 51.4. The van der Waals surface area contributed by atoms with E-state index in [1.165, 1.54) is 6.07 Å². The van der Waals surface area contributed by atoms with Crippen molar-refractivity contribution in [3.63, 3.8) is 0 Å². The van der Waals surface area contributed by atoms with Crippen molar-refractivity contribution >= 4 is 10.2 Å². The van der Waals surface area contributed by atoms with Crippen molar-refractivity contribution < 1.29 is 17.2 Å². The minimum absolute atomic E-state index is 0.103. The molecule has 1 aromatic carbocycles. The maximum Gasteiger partial charge on any atom is 0.274 e. The highest BCUT2D eigenvalue weighted by Crippen LogP contribution is 2.28. The predicted octanol–water partition coefficient (Wildman–Crippen LogP) is 1.53. The number of rotatable bonds is 5. The third kappa shape index (κ3) is 4.70. The molecule has 5 nitrogen and oxygen atoms in total. The lowest BCUT2D eigenvalue weighted by Gasteiger charge is -2.37. The van der Waals surface area contributed by atoms with E-state index < -0.39 is 21.8 Å². The molecule has 0 radical (unpaired) electrons. The molecule has 0 spiro atoms. The Hall–Kier alpha value is -1.09. The van der Waals surface area contributed by atoms with Gasteiger partial charge in [0, 0.05) is 24.7 Å². The molecule has 1 aliphatic heterocycles. The number of hydrogen-bond acceptors (Lipinski definition) is 3. The van der Waals surface area contributed by atoms with Gasteiger partial charge in [-0.15, -0.1) is 0 Å². The lowest BCUT2D eigenvalue weighted by Crippen LogP contribution is -2.43. The van der Waals surface area contributed by atoms with Gasteiger partial charge in [0.1, 0.15) is 11.6 Å². The summed E-state index contributed by atoms with van der Waals surface area (Å²) in [5.74, 6) is -0.794. The van der Waals surface area contributed by atoms with E-state index in [0.717, 1.165) is 31.5 Å². The van der Waals surface area contributed by atoms with Crippen LogP contribution in [0.5, 0.6) is 0 Å². The van der Waals surface area contributed by atoms with Gasteiger partial charge in [-0.2, -0.15) is 8.42 Å². The third-order valence-corrected chi connectivity index (χ3v) is 4.65. The second-order valence-electron chi connectivity index (χ2n) is 5.74. The number of nitrogens with zero attached hydrogens (tertiary/aromatic N) is 1. The van der Waals surface area contributed by atoms with E-state index in [1.54, 1.807) is 0 Å². The van der Waals surface area contributed by atoms with Crippen LogP contribution in [0.25, 0.3) is 0 Å². The first kappa shape index (κ1) is 17.3. The van der Waals surface area contributed by atoms with Gasteiger partial charge >= 0.3 is 0 Å². The first-order chi connectivity index (χ1) is 10.3. The molecule has 1 heterocycles. The lowest BCUT2D eigenvalue weighted by molar-refractivity contribution is 0.131. The Morgan fingerprint density at radius 3 is 2.86 bits per heavy atom. The van der Waals surface area contributed by atoms with E-state index in [4.69, 9.17) is 5.14 Å². The van der Waals surface area contributed by atoms with Crippen LogP contribution in [0, 0.1) is 17.6 Å². The van der Waals surface area contributed by atoms with Crippen molar-refractivity contribution in [3.8, 4) is 0 Å². The Bertz CT molecular complexity index is 625. The van der Waals surface area contributed by atoms with E-state index in [0.29, 0.717) is 12.1 Å². The molecule has 0 aliphatic carbocycles. The standard InChI is InChI=1S/C14H21F2N3O2S/c1-10(13-7-12(15)4-5-14(13)16)19-6-2-3-11(9-19)8-18-22(17,20)21/h4-5,7,10-11,18H,2-3,6,8-9H2,1H3,(H2,17,20,21)/t10-,11+/m0/s1. The van der Waals surface area contributed by atoms with Gasteiger partial charge in [0.05, 0.1) is 0 Å². The van der Waals surface area contributed by atoms with Crippen LogP contribution in [0.1, 0.15) is 31.4 Å². The fourth-order valence-corrected chi connectivity index (χ4v) is 3.35. The van der Waals surface area contributed by atoms with Gasteiger partial charge in [-0.1, -0.05) is 0 Å². The molecule has 0 amide bonds. The second-order valence-corrected chi connectivity index (χ2v) is 7.12. The lowest BCUT2D eigenvalue weighted by atomic mass is 9.95. The van der Waals surface area contributed by atoms with Gasteiger partial charge in [0.25, 0.3) is 10.2 Å². The normalized spacial score (nSPS) is 21.7. The summed E-state index contributed by atoms with van der Waals surface area (Å²) in [5, 5.41) is 4.93. The van der Waals surface area contributed by atoms with Crippen LogP contribution in [0.3, 0.4) is 0 Å². The van der Waals surface area contributed by atoms with Crippen LogP contribution < -0.4 is 9.86 Å². The van der Waals surface area contributed by atoms with Gasteiger partial charge < -0.3 is 0 Å². The predicted molar refractivity (Wildman–Crippen MR) is 80.2 cm³/mol. The minimum atomic E-state index is -3.70. The maximum atomic E-state index is 13.9. The highest BCUT2D eigenvalue weighted by atomic mass is 32.2. The van der Waals surface area contributed by atoms with Gasteiger partial charge in [0.2, 0.25) is 0 Å². The Kier molecular flexibility index (Phi) is 5.49. The van der Waals surface area contributed by atoms with Gasteiger partial charge in [-0.05, 0) is 50.4 Å². The fourth-order valence-electron chi connectivity index (χ4n) is 2.88. The van der Waals surface area contributed by atoms with Crippen LogP contribution in [0.15, 0.2) is 18.2 Å². The molecule has 1 fully saturated rings. The molecule has 2 atom stereocenters. The molecule has 3 N–H and O–H groups in total. The first-order valence-electron chi connectivity index (χ1n) is 7.22. The number of halogens is 2. The summed E-state index contributed by atoms with van der Waals surface area (Å²) in [6.45, 7) is 3.46. The zero-order valence-electron chi connectivity index (χ0n) is 12.4. The summed E-state index contributed by atoms with van der Waals surface area (Å²) >= 11 is 0. The molecule has 0 aromatic heterocycles. The summed E-state index contributed by atoms with van der Waals surface area (Å²) in [5.41, 5.74) is 0.319. The summed E-state index contributed by atoms with van der Waals surface area (Å²) in [4.78, 5) is 2.04. The number of nitrogens with two attached hydrogens (primary N) is 1. The monoisotopic (exact) mass is 333 g/mol. The highest BCUT2D eigenvalue weighted by molar-refractivity contribution is 7.87. The molecule has 1 aliphatic rings. The van der Waals surface area contributed by atoms with E-state index in [-0.39, 0.29) is 18.5 Å². The molecule has 0 unspecified atom stereocenters. The number of piperidine rings is 1. The average Bonchev–Trinajstić information content (AvgIpc) is 2.46. The zero-order chi connectivity index (χ0) is 16.3. The Morgan fingerprint density at radius 2 is 2.18 bits per heavy atom. The van der Waals surface area contributed by atoms with E-state index in [1.807, 2.05) is 11.8 Å². The Morgan fingerprint density at radius 1 is 1.45 bits per heavy atom. The molecule has 8 heteroatoms. The summed E-state index contributed by atoms with van der Waals surface area (Å²) in [6, 6.07) is 3.17.